The van der Waals surface area contributed by atoms with Crippen LogP contribution in [0.4, 0.5) is 0 Å². The average molecular weight is 219 g/mol. The number of nitrogens with one attached hydrogen (secondary N) is 1. The van der Waals surface area contributed by atoms with Gasteiger partial charge in [0.1, 0.15) is 6.61 Å². The van der Waals surface area contributed by atoms with E-state index in [0.29, 0.717) is 6.61 Å². The van der Waals surface area contributed by atoms with Crippen molar-refractivity contribution in [3.05, 3.63) is 34.9 Å². The second-order valence-corrected chi connectivity index (χ2v) is 3.97. The van der Waals surface area contributed by atoms with E-state index in [1.165, 1.54) is 11.1 Å². The number of hydrogen-bond donors (Lipinski definition) is 1. The van der Waals surface area contributed by atoms with Crippen molar-refractivity contribution in [2.24, 2.45) is 0 Å². The van der Waals surface area contributed by atoms with Crippen molar-refractivity contribution in [2.45, 2.75) is 19.9 Å². The summed E-state index contributed by atoms with van der Waals surface area (Å²) in [4.78, 5) is 11.7. The Morgan fingerprint density at radius 2 is 2.31 bits per heavy atom. The summed E-state index contributed by atoms with van der Waals surface area (Å²) in [5.74, 6) is 0.0650. The normalized spacial score (nSPS) is 14.6. The zero-order valence-corrected chi connectivity index (χ0v) is 9.58. The predicted octanol–water partition coefficient (Wildman–Crippen LogP) is 1.55. The molecule has 0 saturated carbocycles. The Labute approximate surface area is 95.8 Å². The fourth-order valence-electron chi connectivity index (χ4n) is 1.93. The fraction of sp³-hybridized carbons (Fsp3) is 0.462. The maximum atomic E-state index is 11.7. The first-order valence-electron chi connectivity index (χ1n) is 5.74. The zero-order chi connectivity index (χ0) is 11.4. The van der Waals surface area contributed by atoms with Crippen LogP contribution in [0.5, 0.6) is 0 Å². The molecule has 1 heterocycles. The number of rotatable bonds is 4. The quantitative estimate of drug-likeness (QED) is 0.781. The standard InChI is InChI=1S/C13H17NO2/c1-2-16-9-13(15)11-4-3-10-5-6-14-8-12(10)7-11/h3-4,7,14H,2,5-6,8-9H2,1H3. The van der Waals surface area contributed by atoms with Crippen LogP contribution in [0.3, 0.4) is 0 Å². The molecule has 3 nitrogen and oxygen atoms in total. The Kier molecular flexibility index (Phi) is 3.70. The number of benzene rings is 1. The van der Waals surface area contributed by atoms with Crippen LogP contribution in [0.2, 0.25) is 0 Å². The van der Waals surface area contributed by atoms with Gasteiger partial charge in [-0.25, -0.2) is 0 Å². The summed E-state index contributed by atoms with van der Waals surface area (Å²) in [6, 6.07) is 5.96. The fourth-order valence-corrected chi connectivity index (χ4v) is 1.93. The van der Waals surface area contributed by atoms with Gasteiger partial charge in [0, 0.05) is 18.7 Å². The minimum absolute atomic E-state index is 0.0650. The summed E-state index contributed by atoms with van der Waals surface area (Å²) in [5.41, 5.74) is 3.36. The van der Waals surface area contributed by atoms with Crippen LogP contribution < -0.4 is 5.32 Å². The molecule has 1 N–H and O–H groups in total. The molecule has 0 aromatic heterocycles. The molecule has 2 rings (SSSR count). The molecule has 1 aromatic rings. The van der Waals surface area contributed by atoms with Gasteiger partial charge in [-0.2, -0.15) is 0 Å². The second-order valence-electron chi connectivity index (χ2n) is 3.97. The van der Waals surface area contributed by atoms with Gasteiger partial charge >= 0.3 is 0 Å². The average Bonchev–Trinajstić information content (AvgIpc) is 2.35. The van der Waals surface area contributed by atoms with Gasteiger partial charge in [-0.15, -0.1) is 0 Å². The summed E-state index contributed by atoms with van der Waals surface area (Å²) < 4.78 is 5.13. The first-order chi connectivity index (χ1) is 7.81. The first kappa shape index (κ1) is 11.3. The number of carbonyl (C=O) groups excluding carboxylic acids is 1. The van der Waals surface area contributed by atoms with Crippen molar-refractivity contribution in [2.75, 3.05) is 19.8 Å². The highest BCUT2D eigenvalue weighted by Gasteiger charge is 2.12. The largest absolute Gasteiger partial charge is 0.374 e. The highest BCUT2D eigenvalue weighted by Crippen LogP contribution is 2.16. The summed E-state index contributed by atoms with van der Waals surface area (Å²) >= 11 is 0. The number of carbonyl (C=O) groups is 1. The minimum Gasteiger partial charge on any atom is -0.374 e. The molecule has 1 aliphatic rings. The molecule has 0 aliphatic carbocycles. The lowest BCUT2D eigenvalue weighted by Gasteiger charge is -2.17. The van der Waals surface area contributed by atoms with Crippen LogP contribution in [0, 0.1) is 0 Å². The number of fused-ring (bicyclic) bond motifs is 1. The van der Waals surface area contributed by atoms with Gasteiger partial charge in [0.25, 0.3) is 0 Å². The van der Waals surface area contributed by atoms with E-state index in [2.05, 4.69) is 11.4 Å². The molecule has 0 bridgehead atoms. The maximum absolute atomic E-state index is 11.7. The van der Waals surface area contributed by atoms with Gasteiger partial charge < -0.3 is 10.1 Å². The number of hydrogen-bond acceptors (Lipinski definition) is 3. The molecule has 0 fully saturated rings. The van der Waals surface area contributed by atoms with Crippen molar-refractivity contribution in [3.8, 4) is 0 Å². The van der Waals surface area contributed by atoms with Crippen molar-refractivity contribution in [3.63, 3.8) is 0 Å². The molecule has 3 heteroatoms. The Bertz CT molecular complexity index is 388. The lowest BCUT2D eigenvalue weighted by atomic mass is 9.97. The molecular weight excluding hydrogens is 202 g/mol. The minimum atomic E-state index is 0.0650. The highest BCUT2D eigenvalue weighted by molar-refractivity contribution is 5.97. The predicted molar refractivity (Wildman–Crippen MR) is 62.7 cm³/mol. The molecule has 0 atom stereocenters. The molecular formula is C13H17NO2. The van der Waals surface area contributed by atoms with Gasteiger partial charge in [-0.3, -0.25) is 4.79 Å². The molecule has 0 unspecified atom stereocenters. The van der Waals surface area contributed by atoms with Crippen LogP contribution in [-0.2, 0) is 17.7 Å². The summed E-state index contributed by atoms with van der Waals surface area (Å²) in [7, 11) is 0. The van der Waals surface area contributed by atoms with Gasteiger partial charge in [0.05, 0.1) is 0 Å². The zero-order valence-electron chi connectivity index (χ0n) is 9.58. The van der Waals surface area contributed by atoms with E-state index in [1.807, 2.05) is 19.1 Å². The van der Waals surface area contributed by atoms with E-state index < -0.39 is 0 Å². The van der Waals surface area contributed by atoms with E-state index in [4.69, 9.17) is 4.74 Å². The first-order valence-corrected chi connectivity index (χ1v) is 5.74. The molecule has 1 aromatic carbocycles. The molecule has 16 heavy (non-hydrogen) atoms. The van der Waals surface area contributed by atoms with Crippen molar-refractivity contribution < 1.29 is 9.53 Å². The third-order valence-corrected chi connectivity index (χ3v) is 2.85. The summed E-state index contributed by atoms with van der Waals surface area (Å²) in [6.07, 6.45) is 1.05. The van der Waals surface area contributed by atoms with E-state index in [0.717, 1.165) is 25.1 Å². The molecule has 86 valence electrons. The third-order valence-electron chi connectivity index (χ3n) is 2.85. The van der Waals surface area contributed by atoms with Crippen molar-refractivity contribution in [1.29, 1.82) is 0 Å². The van der Waals surface area contributed by atoms with E-state index in [-0.39, 0.29) is 12.4 Å². The lowest BCUT2D eigenvalue weighted by molar-refractivity contribution is 0.0783. The molecule has 1 aliphatic heterocycles. The smallest absolute Gasteiger partial charge is 0.188 e. The lowest BCUT2D eigenvalue weighted by Crippen LogP contribution is -2.24. The van der Waals surface area contributed by atoms with Crippen LogP contribution in [0.15, 0.2) is 18.2 Å². The molecule has 0 amide bonds. The van der Waals surface area contributed by atoms with Gasteiger partial charge in [-0.05, 0) is 37.1 Å². The van der Waals surface area contributed by atoms with Gasteiger partial charge in [0.15, 0.2) is 5.78 Å². The van der Waals surface area contributed by atoms with E-state index >= 15 is 0 Å². The molecule has 0 spiro atoms. The Hall–Kier alpha value is -1.19. The topological polar surface area (TPSA) is 38.3 Å². The number of ether oxygens (including phenoxy) is 1. The monoisotopic (exact) mass is 219 g/mol. The summed E-state index contributed by atoms with van der Waals surface area (Å²) in [6.45, 7) is 4.55. The Morgan fingerprint density at radius 3 is 3.12 bits per heavy atom. The second kappa shape index (κ2) is 5.23. The van der Waals surface area contributed by atoms with Gasteiger partial charge in [0.2, 0.25) is 0 Å². The van der Waals surface area contributed by atoms with Crippen molar-refractivity contribution in [1.82, 2.24) is 5.32 Å². The van der Waals surface area contributed by atoms with E-state index in [1.54, 1.807) is 0 Å². The number of Topliss-reactive ketones (excluding diaryl/α,β-unsaturated/α-hetero) is 1. The van der Waals surface area contributed by atoms with Crippen LogP contribution in [-0.4, -0.2) is 25.5 Å². The van der Waals surface area contributed by atoms with Gasteiger partial charge in [-0.1, -0.05) is 12.1 Å². The Morgan fingerprint density at radius 1 is 1.44 bits per heavy atom. The molecule has 0 radical (unpaired) electrons. The van der Waals surface area contributed by atoms with Crippen LogP contribution in [0.25, 0.3) is 0 Å². The molecule has 0 saturated heterocycles. The van der Waals surface area contributed by atoms with Crippen LogP contribution in [0.1, 0.15) is 28.4 Å². The number of ketones is 1. The summed E-state index contributed by atoms with van der Waals surface area (Å²) in [5, 5.41) is 3.31. The van der Waals surface area contributed by atoms with Crippen LogP contribution >= 0.6 is 0 Å². The third kappa shape index (κ3) is 2.49. The maximum Gasteiger partial charge on any atom is 0.188 e. The van der Waals surface area contributed by atoms with Crippen molar-refractivity contribution >= 4 is 5.78 Å². The SMILES string of the molecule is CCOCC(=O)c1ccc2c(c1)CNCC2. The highest BCUT2D eigenvalue weighted by atomic mass is 16.5. The van der Waals surface area contributed by atoms with E-state index in [9.17, 15) is 4.79 Å². The Balaban J connectivity index is 2.13.